The molecular weight excluding hydrogens is 276 g/mol. The van der Waals surface area contributed by atoms with Crippen LogP contribution in [0, 0.1) is 22.7 Å². The van der Waals surface area contributed by atoms with Gasteiger partial charge in [0.25, 0.3) is 0 Å². The van der Waals surface area contributed by atoms with Gasteiger partial charge in [0.1, 0.15) is 5.78 Å². The van der Waals surface area contributed by atoms with Gasteiger partial charge in [0, 0.05) is 23.7 Å². The predicted octanol–water partition coefficient (Wildman–Crippen LogP) is 3.20. The van der Waals surface area contributed by atoms with Gasteiger partial charge >= 0.3 is 0 Å². The number of carbonyl (C=O) groups is 2. The molecule has 0 bridgehead atoms. The molecule has 0 radical (unpaired) electrons. The van der Waals surface area contributed by atoms with Crippen molar-refractivity contribution in [2.24, 2.45) is 22.7 Å². The zero-order valence-electron chi connectivity index (χ0n) is 13.7. The fraction of sp³-hybridized carbons (Fsp3) is 0.789. The minimum Gasteiger partial charge on any atom is -0.389 e. The maximum Gasteiger partial charge on any atom is 0.155 e. The SMILES string of the molecule is C[C@]12CCC(=O)C=C1CCC1C3CCC(=O)[C@@]3(C)CCC12O. The number of hydrogen-bond acceptors (Lipinski definition) is 3. The Morgan fingerprint density at radius 2 is 1.73 bits per heavy atom. The molecule has 3 heteroatoms. The lowest BCUT2D eigenvalue weighted by Crippen LogP contribution is -2.63. The lowest BCUT2D eigenvalue weighted by Gasteiger charge is -2.61. The summed E-state index contributed by atoms with van der Waals surface area (Å²) in [5, 5.41) is 11.7. The van der Waals surface area contributed by atoms with Gasteiger partial charge in [0.2, 0.25) is 0 Å². The molecule has 4 aliphatic carbocycles. The molecule has 3 saturated carbocycles. The fourth-order valence-corrected chi connectivity index (χ4v) is 6.27. The Balaban J connectivity index is 1.78. The van der Waals surface area contributed by atoms with E-state index in [1.54, 1.807) is 0 Å². The van der Waals surface area contributed by atoms with Crippen LogP contribution < -0.4 is 0 Å². The van der Waals surface area contributed by atoms with E-state index in [-0.39, 0.29) is 22.5 Å². The summed E-state index contributed by atoms with van der Waals surface area (Å²) >= 11 is 0. The standard InChI is InChI=1S/C19H26O3/c1-17-9-10-19(22)15(14(17)5-6-16(17)21)4-3-12-11-13(20)7-8-18(12,19)2/h11,14-15,22H,3-10H2,1-2H3/t14?,15?,17-,18-,19?/m0/s1. The van der Waals surface area contributed by atoms with Gasteiger partial charge < -0.3 is 5.11 Å². The normalized spacial score (nSPS) is 51.0. The van der Waals surface area contributed by atoms with E-state index in [1.165, 1.54) is 0 Å². The topological polar surface area (TPSA) is 54.4 Å². The minimum atomic E-state index is -0.730. The molecule has 0 spiro atoms. The molecule has 0 heterocycles. The highest BCUT2D eigenvalue weighted by Gasteiger charge is 2.65. The number of ketones is 2. The van der Waals surface area contributed by atoms with Crippen LogP contribution in [0.3, 0.4) is 0 Å². The van der Waals surface area contributed by atoms with E-state index in [0.29, 0.717) is 31.0 Å². The summed E-state index contributed by atoms with van der Waals surface area (Å²) in [6, 6.07) is 0. The van der Waals surface area contributed by atoms with Gasteiger partial charge in [0.15, 0.2) is 5.78 Å². The number of Topliss-reactive ketones (excluding diaryl/α,β-unsaturated/α-hetero) is 1. The molecule has 0 aliphatic heterocycles. The number of aliphatic hydroxyl groups is 1. The number of carbonyl (C=O) groups excluding carboxylic acids is 2. The molecule has 3 fully saturated rings. The smallest absolute Gasteiger partial charge is 0.155 e. The molecule has 4 aliphatic rings. The second-order valence-electron chi connectivity index (χ2n) is 8.52. The maximum absolute atomic E-state index is 12.4. The number of rotatable bonds is 0. The van der Waals surface area contributed by atoms with Crippen LogP contribution in [0.5, 0.6) is 0 Å². The van der Waals surface area contributed by atoms with Gasteiger partial charge in [0.05, 0.1) is 5.60 Å². The maximum atomic E-state index is 12.4. The van der Waals surface area contributed by atoms with Crippen LogP contribution in [0.2, 0.25) is 0 Å². The van der Waals surface area contributed by atoms with Crippen molar-refractivity contribution in [3.63, 3.8) is 0 Å². The first kappa shape index (κ1) is 14.6. The molecule has 0 saturated heterocycles. The molecule has 4 rings (SSSR count). The Labute approximate surface area is 132 Å². The zero-order valence-corrected chi connectivity index (χ0v) is 13.7. The molecule has 1 N–H and O–H groups in total. The Bertz CT molecular complexity index is 591. The summed E-state index contributed by atoms with van der Waals surface area (Å²) in [7, 11) is 0. The lowest BCUT2D eigenvalue weighted by molar-refractivity contribution is -0.188. The third-order valence-corrected chi connectivity index (χ3v) is 7.86. The van der Waals surface area contributed by atoms with Crippen LogP contribution in [0.25, 0.3) is 0 Å². The van der Waals surface area contributed by atoms with Crippen molar-refractivity contribution in [3.8, 4) is 0 Å². The molecule has 120 valence electrons. The number of fused-ring (bicyclic) bond motifs is 5. The first-order chi connectivity index (χ1) is 10.3. The summed E-state index contributed by atoms with van der Waals surface area (Å²) in [5.41, 5.74) is -0.0436. The molecular formula is C19H26O3. The molecule has 0 amide bonds. The average molecular weight is 302 g/mol. The van der Waals surface area contributed by atoms with Crippen LogP contribution >= 0.6 is 0 Å². The van der Waals surface area contributed by atoms with Crippen molar-refractivity contribution in [1.29, 1.82) is 0 Å². The van der Waals surface area contributed by atoms with Crippen molar-refractivity contribution in [1.82, 2.24) is 0 Å². The summed E-state index contributed by atoms with van der Waals surface area (Å²) in [6.07, 6.45) is 8.11. The zero-order chi connectivity index (χ0) is 15.8. The van der Waals surface area contributed by atoms with Crippen LogP contribution in [0.1, 0.15) is 65.2 Å². The summed E-state index contributed by atoms with van der Waals surface area (Å²) in [6.45, 7) is 4.29. The highest BCUT2D eigenvalue weighted by Crippen LogP contribution is 2.66. The van der Waals surface area contributed by atoms with Crippen molar-refractivity contribution < 1.29 is 14.7 Å². The van der Waals surface area contributed by atoms with Crippen LogP contribution in [0.4, 0.5) is 0 Å². The molecule has 0 aromatic rings. The summed E-state index contributed by atoms with van der Waals surface area (Å²) in [5.74, 6) is 1.17. The quantitative estimate of drug-likeness (QED) is 0.747. The van der Waals surface area contributed by atoms with E-state index in [4.69, 9.17) is 0 Å². The molecule has 5 atom stereocenters. The van der Waals surface area contributed by atoms with Crippen LogP contribution in [-0.2, 0) is 9.59 Å². The second-order valence-corrected chi connectivity index (χ2v) is 8.52. The van der Waals surface area contributed by atoms with Crippen molar-refractivity contribution in [3.05, 3.63) is 11.6 Å². The average Bonchev–Trinajstić information content (AvgIpc) is 2.77. The Morgan fingerprint density at radius 1 is 1.00 bits per heavy atom. The van der Waals surface area contributed by atoms with Crippen molar-refractivity contribution in [2.45, 2.75) is 70.8 Å². The highest BCUT2D eigenvalue weighted by atomic mass is 16.3. The largest absolute Gasteiger partial charge is 0.389 e. The Hall–Kier alpha value is -0.960. The molecule has 0 aromatic heterocycles. The van der Waals surface area contributed by atoms with E-state index >= 15 is 0 Å². The molecule has 0 aromatic carbocycles. The van der Waals surface area contributed by atoms with Crippen molar-refractivity contribution in [2.75, 3.05) is 0 Å². The van der Waals surface area contributed by atoms with E-state index < -0.39 is 5.60 Å². The highest BCUT2D eigenvalue weighted by molar-refractivity contribution is 5.92. The first-order valence-electron chi connectivity index (χ1n) is 8.81. The van der Waals surface area contributed by atoms with E-state index in [9.17, 15) is 14.7 Å². The third-order valence-electron chi connectivity index (χ3n) is 7.86. The van der Waals surface area contributed by atoms with E-state index in [1.807, 2.05) is 6.08 Å². The van der Waals surface area contributed by atoms with Gasteiger partial charge in [-0.05, 0) is 56.4 Å². The van der Waals surface area contributed by atoms with Crippen molar-refractivity contribution >= 4 is 11.6 Å². The minimum absolute atomic E-state index is 0.209. The first-order valence-corrected chi connectivity index (χ1v) is 8.81. The fourth-order valence-electron chi connectivity index (χ4n) is 6.27. The van der Waals surface area contributed by atoms with Gasteiger partial charge in [-0.3, -0.25) is 9.59 Å². The second kappa shape index (κ2) is 4.31. The monoisotopic (exact) mass is 302 g/mol. The Morgan fingerprint density at radius 3 is 2.50 bits per heavy atom. The van der Waals surface area contributed by atoms with E-state index in [0.717, 1.165) is 37.7 Å². The number of hydrogen-bond donors (Lipinski definition) is 1. The predicted molar refractivity (Wildman–Crippen MR) is 83.2 cm³/mol. The van der Waals surface area contributed by atoms with Gasteiger partial charge in [-0.2, -0.15) is 0 Å². The van der Waals surface area contributed by atoms with Crippen LogP contribution in [-0.4, -0.2) is 22.3 Å². The van der Waals surface area contributed by atoms with Gasteiger partial charge in [-0.15, -0.1) is 0 Å². The molecule has 22 heavy (non-hydrogen) atoms. The lowest BCUT2D eigenvalue weighted by atomic mass is 9.45. The molecule has 3 nitrogen and oxygen atoms in total. The summed E-state index contributed by atoms with van der Waals surface area (Å²) < 4.78 is 0. The van der Waals surface area contributed by atoms with Gasteiger partial charge in [-0.25, -0.2) is 0 Å². The van der Waals surface area contributed by atoms with Gasteiger partial charge in [-0.1, -0.05) is 19.4 Å². The van der Waals surface area contributed by atoms with E-state index in [2.05, 4.69) is 13.8 Å². The molecule has 3 unspecified atom stereocenters. The third kappa shape index (κ3) is 1.56. The van der Waals surface area contributed by atoms with Crippen LogP contribution in [0.15, 0.2) is 11.6 Å². The Kier molecular flexibility index (Phi) is 2.87. The summed E-state index contributed by atoms with van der Waals surface area (Å²) in [4.78, 5) is 24.2.